The second-order valence-electron chi connectivity index (χ2n) is 4.30. The van der Waals surface area contributed by atoms with Gasteiger partial charge in [0, 0.05) is 6.08 Å². The monoisotopic (exact) mass is 264 g/mol. The predicted octanol–water partition coefficient (Wildman–Crippen LogP) is 4.09. The van der Waals surface area contributed by atoms with Gasteiger partial charge in [0.05, 0.1) is 0 Å². The van der Waals surface area contributed by atoms with Crippen molar-refractivity contribution in [1.82, 2.24) is 0 Å². The minimum atomic E-state index is -0.346. The first-order valence-corrected chi connectivity index (χ1v) is 6.39. The molecule has 0 aliphatic carbocycles. The van der Waals surface area contributed by atoms with Crippen LogP contribution in [0.5, 0.6) is 0 Å². The molecule has 0 N–H and O–H groups in total. The molecule has 0 atom stereocenters. The zero-order chi connectivity index (χ0) is 14.2. The topological polar surface area (TPSA) is 26.3 Å². The van der Waals surface area contributed by atoms with Crippen LogP contribution in [0, 0.1) is 0 Å². The Morgan fingerprint density at radius 2 is 1.70 bits per heavy atom. The molecule has 2 aromatic rings. The van der Waals surface area contributed by atoms with Crippen molar-refractivity contribution in [1.29, 1.82) is 0 Å². The Morgan fingerprint density at radius 3 is 2.35 bits per heavy atom. The molecular formula is C18H16O2. The van der Waals surface area contributed by atoms with Crippen LogP contribution in [0.25, 0.3) is 12.2 Å². The average molecular weight is 264 g/mol. The van der Waals surface area contributed by atoms with Crippen molar-refractivity contribution in [3.63, 3.8) is 0 Å². The predicted molar refractivity (Wildman–Crippen MR) is 81.8 cm³/mol. The highest BCUT2D eigenvalue weighted by molar-refractivity contribution is 5.87. The maximum atomic E-state index is 11.6. The maximum Gasteiger partial charge on any atom is 0.331 e. The molecule has 2 nitrogen and oxygen atoms in total. The van der Waals surface area contributed by atoms with Gasteiger partial charge in [-0.1, -0.05) is 67.3 Å². The Labute approximate surface area is 119 Å². The normalized spacial score (nSPS) is 10.4. The van der Waals surface area contributed by atoms with Gasteiger partial charge < -0.3 is 4.74 Å². The van der Waals surface area contributed by atoms with Gasteiger partial charge >= 0.3 is 5.97 Å². The third-order valence-corrected chi connectivity index (χ3v) is 2.81. The molecule has 0 radical (unpaired) electrons. The smallest absolute Gasteiger partial charge is 0.331 e. The molecule has 0 fully saturated rings. The van der Waals surface area contributed by atoms with Crippen molar-refractivity contribution in [2.24, 2.45) is 0 Å². The van der Waals surface area contributed by atoms with Gasteiger partial charge in [0.15, 0.2) is 0 Å². The highest BCUT2D eigenvalue weighted by Gasteiger charge is 1.98. The molecule has 0 bridgehead atoms. The summed E-state index contributed by atoms with van der Waals surface area (Å²) in [6.45, 7) is 3.97. The lowest BCUT2D eigenvalue weighted by Crippen LogP contribution is -2.00. The SMILES string of the molecule is C=Cc1ccc(COC(=O)C=Cc2ccccc2)cc1. The zero-order valence-corrected chi connectivity index (χ0v) is 11.2. The van der Waals surface area contributed by atoms with Crippen molar-refractivity contribution in [2.45, 2.75) is 6.61 Å². The molecule has 2 aromatic carbocycles. The molecule has 20 heavy (non-hydrogen) atoms. The van der Waals surface area contributed by atoms with Gasteiger partial charge in [-0.3, -0.25) is 0 Å². The lowest BCUT2D eigenvalue weighted by Gasteiger charge is -2.02. The van der Waals surface area contributed by atoms with Crippen LogP contribution in [-0.4, -0.2) is 5.97 Å². The average Bonchev–Trinajstić information content (AvgIpc) is 2.52. The van der Waals surface area contributed by atoms with Crippen molar-refractivity contribution in [3.8, 4) is 0 Å². The van der Waals surface area contributed by atoms with Crippen LogP contribution in [0.2, 0.25) is 0 Å². The second kappa shape index (κ2) is 7.10. The lowest BCUT2D eigenvalue weighted by atomic mass is 10.1. The zero-order valence-electron chi connectivity index (χ0n) is 11.2. The van der Waals surface area contributed by atoms with Crippen LogP contribution in [0.1, 0.15) is 16.7 Å². The van der Waals surface area contributed by atoms with Gasteiger partial charge in [-0.15, -0.1) is 0 Å². The standard InChI is InChI=1S/C18H16O2/c1-2-15-8-10-17(11-9-15)14-20-18(19)13-12-16-6-4-3-5-7-16/h2-13H,1,14H2. The molecule has 2 heteroatoms. The van der Waals surface area contributed by atoms with E-state index < -0.39 is 0 Å². The van der Waals surface area contributed by atoms with Gasteiger partial charge in [0.25, 0.3) is 0 Å². The largest absolute Gasteiger partial charge is 0.458 e. The molecule has 0 amide bonds. The summed E-state index contributed by atoms with van der Waals surface area (Å²) in [5.74, 6) is -0.346. The quantitative estimate of drug-likeness (QED) is 0.600. The molecule has 0 aliphatic rings. The first kappa shape index (κ1) is 13.8. The number of benzene rings is 2. The molecular weight excluding hydrogens is 248 g/mol. The van der Waals surface area contributed by atoms with Crippen LogP contribution < -0.4 is 0 Å². The maximum absolute atomic E-state index is 11.6. The van der Waals surface area contributed by atoms with Gasteiger partial charge in [0.2, 0.25) is 0 Å². The Balaban J connectivity index is 1.85. The Bertz CT molecular complexity index is 595. The third-order valence-electron chi connectivity index (χ3n) is 2.81. The van der Waals surface area contributed by atoms with Crippen molar-refractivity contribution < 1.29 is 9.53 Å². The number of rotatable bonds is 5. The van der Waals surface area contributed by atoms with E-state index in [9.17, 15) is 4.79 Å². The molecule has 0 saturated carbocycles. The van der Waals surface area contributed by atoms with Crippen LogP contribution in [0.4, 0.5) is 0 Å². The van der Waals surface area contributed by atoms with Gasteiger partial charge in [0.1, 0.15) is 6.61 Å². The minimum absolute atomic E-state index is 0.273. The fourth-order valence-corrected chi connectivity index (χ4v) is 1.68. The van der Waals surface area contributed by atoms with E-state index in [1.807, 2.05) is 54.6 Å². The summed E-state index contributed by atoms with van der Waals surface area (Å²) in [7, 11) is 0. The van der Waals surface area contributed by atoms with E-state index >= 15 is 0 Å². The fourth-order valence-electron chi connectivity index (χ4n) is 1.68. The molecule has 0 aromatic heterocycles. The van der Waals surface area contributed by atoms with Crippen LogP contribution in [-0.2, 0) is 16.1 Å². The summed E-state index contributed by atoms with van der Waals surface area (Å²) in [6, 6.07) is 17.4. The minimum Gasteiger partial charge on any atom is -0.458 e. The highest BCUT2D eigenvalue weighted by Crippen LogP contribution is 2.07. The van der Waals surface area contributed by atoms with E-state index in [0.717, 1.165) is 16.7 Å². The van der Waals surface area contributed by atoms with Crippen molar-refractivity contribution in [2.75, 3.05) is 0 Å². The summed E-state index contributed by atoms with van der Waals surface area (Å²) in [4.78, 5) is 11.6. The lowest BCUT2D eigenvalue weighted by molar-refractivity contribution is -0.138. The van der Waals surface area contributed by atoms with E-state index in [0.29, 0.717) is 0 Å². The van der Waals surface area contributed by atoms with Crippen LogP contribution in [0.3, 0.4) is 0 Å². The molecule has 0 aliphatic heterocycles. The summed E-state index contributed by atoms with van der Waals surface area (Å²) in [6.07, 6.45) is 4.95. The van der Waals surface area contributed by atoms with E-state index in [-0.39, 0.29) is 12.6 Å². The van der Waals surface area contributed by atoms with E-state index in [4.69, 9.17) is 4.74 Å². The summed E-state index contributed by atoms with van der Waals surface area (Å²) >= 11 is 0. The molecule has 100 valence electrons. The molecule has 0 saturated heterocycles. The van der Waals surface area contributed by atoms with Crippen LogP contribution >= 0.6 is 0 Å². The first-order chi connectivity index (χ1) is 9.78. The Hall–Kier alpha value is -2.61. The molecule has 0 spiro atoms. The summed E-state index contributed by atoms with van der Waals surface area (Å²) in [5, 5.41) is 0. The number of carbonyl (C=O) groups excluding carboxylic acids is 1. The number of ether oxygens (including phenoxy) is 1. The molecule has 0 unspecified atom stereocenters. The molecule has 0 heterocycles. The van der Waals surface area contributed by atoms with Crippen molar-refractivity contribution >= 4 is 18.1 Å². The Morgan fingerprint density at radius 1 is 1.00 bits per heavy atom. The van der Waals surface area contributed by atoms with E-state index in [1.54, 1.807) is 12.2 Å². The summed E-state index contributed by atoms with van der Waals surface area (Å²) < 4.78 is 5.17. The van der Waals surface area contributed by atoms with E-state index in [2.05, 4.69) is 6.58 Å². The Kier molecular flexibility index (Phi) is 4.90. The van der Waals surface area contributed by atoms with Crippen molar-refractivity contribution in [3.05, 3.63) is 83.9 Å². The highest BCUT2D eigenvalue weighted by atomic mass is 16.5. The van der Waals surface area contributed by atoms with E-state index in [1.165, 1.54) is 6.08 Å². The number of esters is 1. The van der Waals surface area contributed by atoms with Gasteiger partial charge in [-0.05, 0) is 22.8 Å². The molecule has 2 rings (SSSR count). The number of hydrogen-bond donors (Lipinski definition) is 0. The fraction of sp³-hybridized carbons (Fsp3) is 0.0556. The summed E-state index contributed by atoms with van der Waals surface area (Å²) in [5.41, 5.74) is 2.97. The number of carbonyl (C=O) groups is 1. The van der Waals surface area contributed by atoms with Gasteiger partial charge in [-0.2, -0.15) is 0 Å². The van der Waals surface area contributed by atoms with Crippen LogP contribution in [0.15, 0.2) is 67.3 Å². The third kappa shape index (κ3) is 4.25. The van der Waals surface area contributed by atoms with Gasteiger partial charge in [-0.25, -0.2) is 4.79 Å². The number of hydrogen-bond acceptors (Lipinski definition) is 2. The second-order valence-corrected chi connectivity index (χ2v) is 4.30. The first-order valence-electron chi connectivity index (χ1n) is 6.39.